The molecule has 3 heterocycles. The first kappa shape index (κ1) is 25.7. The number of para-hydroxylation sites is 1. The largest absolute Gasteiger partial charge is 0.457 e. The molecule has 10 heteroatoms. The van der Waals surface area contributed by atoms with E-state index >= 15 is 0 Å². The minimum atomic E-state index is -0.338. The molecule has 10 nitrogen and oxygen atoms in total. The van der Waals surface area contributed by atoms with E-state index in [1.54, 1.807) is 39.8 Å². The molecule has 1 amide bonds. The lowest BCUT2D eigenvalue weighted by molar-refractivity contribution is -0.125. The second-order valence-corrected chi connectivity index (χ2v) is 10.6. The number of allylic oxidation sites excluding steroid dienone is 1. The molecule has 1 saturated heterocycles. The molecule has 1 unspecified atom stereocenters. The number of aromatic nitrogens is 4. The van der Waals surface area contributed by atoms with Crippen LogP contribution in [0, 0.1) is 16.7 Å². The van der Waals surface area contributed by atoms with Crippen LogP contribution in [0.3, 0.4) is 0 Å². The number of hydrogen-bond donors (Lipinski definition) is 1. The highest BCUT2D eigenvalue weighted by Gasteiger charge is 2.33. The van der Waals surface area contributed by atoms with Crippen LogP contribution < -0.4 is 16.2 Å². The van der Waals surface area contributed by atoms with E-state index in [1.807, 2.05) is 57.2 Å². The summed E-state index contributed by atoms with van der Waals surface area (Å²) in [4.78, 5) is 37.1. The number of fused-ring (bicyclic) bond motifs is 1. The number of nitrogen functional groups attached to an aromatic ring is 1. The molecule has 0 saturated carbocycles. The number of carbonyl (C=O) groups excluding carboxylic acids is 1. The van der Waals surface area contributed by atoms with Crippen LogP contribution in [0.4, 0.5) is 5.82 Å². The third-order valence-corrected chi connectivity index (χ3v) is 6.50. The van der Waals surface area contributed by atoms with E-state index in [0.717, 1.165) is 0 Å². The molecule has 1 fully saturated rings. The van der Waals surface area contributed by atoms with Gasteiger partial charge >= 0.3 is 5.69 Å². The second kappa shape index (κ2) is 10.1. The third-order valence-electron chi connectivity index (χ3n) is 6.50. The number of rotatable bonds is 5. The minimum Gasteiger partial charge on any atom is -0.457 e. The molecule has 1 aliphatic rings. The third kappa shape index (κ3) is 5.11. The SMILES string of the molecule is CC(C)(C)/C=C(/C#N)C(=O)N1CCC(n2c(=O)n(-c3ccc(Oc4ccccc4)cc3)c3c(N)ncnc32)C1. The molecule has 198 valence electrons. The predicted molar refractivity (Wildman–Crippen MR) is 147 cm³/mol. The molecule has 4 aromatic rings. The van der Waals surface area contributed by atoms with Gasteiger partial charge in [0.25, 0.3) is 5.91 Å². The van der Waals surface area contributed by atoms with Gasteiger partial charge < -0.3 is 15.4 Å². The first-order valence-electron chi connectivity index (χ1n) is 12.7. The lowest BCUT2D eigenvalue weighted by Crippen LogP contribution is -2.33. The normalized spacial score (nSPS) is 15.9. The van der Waals surface area contributed by atoms with Crippen LogP contribution >= 0.6 is 0 Å². The summed E-state index contributed by atoms with van der Waals surface area (Å²) in [6.07, 6.45) is 3.54. The maximum Gasteiger partial charge on any atom is 0.335 e. The fourth-order valence-corrected chi connectivity index (χ4v) is 4.81. The van der Waals surface area contributed by atoms with Gasteiger partial charge in [-0.3, -0.25) is 13.9 Å². The molecule has 0 bridgehead atoms. The highest BCUT2D eigenvalue weighted by molar-refractivity contribution is 5.97. The van der Waals surface area contributed by atoms with Crippen molar-refractivity contribution in [2.45, 2.75) is 33.2 Å². The zero-order valence-electron chi connectivity index (χ0n) is 22.0. The molecule has 2 aromatic carbocycles. The van der Waals surface area contributed by atoms with Crippen molar-refractivity contribution in [3.63, 3.8) is 0 Å². The predicted octanol–water partition coefficient (Wildman–Crippen LogP) is 4.23. The van der Waals surface area contributed by atoms with E-state index in [0.29, 0.717) is 41.3 Å². The molecule has 39 heavy (non-hydrogen) atoms. The molecule has 1 aliphatic heterocycles. The van der Waals surface area contributed by atoms with Crippen LogP contribution in [0.15, 0.2) is 77.4 Å². The van der Waals surface area contributed by atoms with Gasteiger partial charge in [0.1, 0.15) is 35.0 Å². The maximum atomic E-state index is 13.9. The van der Waals surface area contributed by atoms with E-state index < -0.39 is 0 Å². The molecular formula is C29H29N7O3. The Labute approximate surface area is 225 Å². The molecule has 5 rings (SSSR count). The highest BCUT2D eigenvalue weighted by Crippen LogP contribution is 2.29. The Morgan fingerprint density at radius 2 is 1.79 bits per heavy atom. The summed E-state index contributed by atoms with van der Waals surface area (Å²) < 4.78 is 8.95. The van der Waals surface area contributed by atoms with Crippen molar-refractivity contribution in [1.29, 1.82) is 5.26 Å². The second-order valence-electron chi connectivity index (χ2n) is 10.6. The summed E-state index contributed by atoms with van der Waals surface area (Å²) in [5.41, 5.74) is 7.06. The van der Waals surface area contributed by atoms with Crippen molar-refractivity contribution in [3.8, 4) is 23.3 Å². The summed E-state index contributed by atoms with van der Waals surface area (Å²) >= 11 is 0. The number of amides is 1. The average Bonchev–Trinajstić information content (AvgIpc) is 3.50. The van der Waals surface area contributed by atoms with E-state index in [4.69, 9.17) is 10.5 Å². The summed E-state index contributed by atoms with van der Waals surface area (Å²) in [6, 6.07) is 18.2. The lowest BCUT2D eigenvalue weighted by Gasteiger charge is -2.18. The number of imidazole rings is 1. The number of anilines is 1. The number of ether oxygens (including phenoxy) is 1. The quantitative estimate of drug-likeness (QED) is 0.306. The standard InChI is InChI=1S/C29H29N7O3/c1-29(2,3)15-19(16-30)27(37)34-14-13-21(17-34)36-26-24(25(31)32-18-33-26)35(28(36)38)20-9-11-23(12-10-20)39-22-7-5-4-6-8-22/h4-12,15,18,21H,13-14,17H2,1-3H3,(H2,31,32,33)/b19-15-. The Bertz CT molecular complexity index is 1660. The van der Waals surface area contributed by atoms with Gasteiger partial charge in [-0.2, -0.15) is 5.26 Å². The number of likely N-dealkylation sites (tertiary alicyclic amines) is 1. The first-order chi connectivity index (χ1) is 18.7. The van der Waals surface area contributed by atoms with Crippen LogP contribution in [-0.2, 0) is 4.79 Å². The summed E-state index contributed by atoms with van der Waals surface area (Å²) in [5.74, 6) is 1.16. The van der Waals surface area contributed by atoms with Crippen LogP contribution in [0.1, 0.15) is 33.2 Å². The van der Waals surface area contributed by atoms with Gasteiger partial charge in [-0.25, -0.2) is 14.8 Å². The fourth-order valence-electron chi connectivity index (χ4n) is 4.81. The molecule has 0 spiro atoms. The van der Waals surface area contributed by atoms with Crippen molar-refractivity contribution in [3.05, 3.63) is 83.1 Å². The maximum absolute atomic E-state index is 13.9. The van der Waals surface area contributed by atoms with Gasteiger partial charge in [0, 0.05) is 13.1 Å². The van der Waals surface area contributed by atoms with Gasteiger partial charge in [0.05, 0.1) is 11.7 Å². The number of nitrogens with two attached hydrogens (primary N) is 1. The van der Waals surface area contributed by atoms with Crippen LogP contribution in [0.2, 0.25) is 0 Å². The Kier molecular flexibility index (Phi) is 6.66. The molecule has 0 aliphatic carbocycles. The van der Waals surface area contributed by atoms with Gasteiger partial charge in [-0.05, 0) is 48.2 Å². The fraction of sp³-hybridized carbons (Fsp3) is 0.276. The van der Waals surface area contributed by atoms with Crippen LogP contribution in [0.25, 0.3) is 16.9 Å². The van der Waals surface area contributed by atoms with Crippen molar-refractivity contribution < 1.29 is 9.53 Å². The van der Waals surface area contributed by atoms with Gasteiger partial charge in [-0.15, -0.1) is 0 Å². The van der Waals surface area contributed by atoms with Crippen molar-refractivity contribution in [1.82, 2.24) is 24.0 Å². The molecule has 1 atom stereocenters. The lowest BCUT2D eigenvalue weighted by atomic mass is 9.93. The summed E-state index contributed by atoms with van der Waals surface area (Å²) in [7, 11) is 0. The summed E-state index contributed by atoms with van der Waals surface area (Å²) in [5, 5.41) is 9.59. The number of nitrogens with zero attached hydrogens (tertiary/aromatic N) is 6. The summed E-state index contributed by atoms with van der Waals surface area (Å²) in [6.45, 7) is 6.49. The van der Waals surface area contributed by atoms with Gasteiger partial charge in [0.15, 0.2) is 11.5 Å². The van der Waals surface area contributed by atoms with Crippen LogP contribution in [0.5, 0.6) is 11.5 Å². The zero-order valence-corrected chi connectivity index (χ0v) is 22.0. The number of nitriles is 1. The minimum absolute atomic E-state index is 0.0994. The topological polar surface area (TPSA) is 132 Å². The van der Waals surface area contributed by atoms with Gasteiger partial charge in [0.2, 0.25) is 0 Å². The van der Waals surface area contributed by atoms with Crippen molar-refractivity contribution >= 4 is 22.9 Å². The Morgan fingerprint density at radius 1 is 1.10 bits per heavy atom. The number of benzene rings is 2. The monoisotopic (exact) mass is 523 g/mol. The van der Waals surface area contributed by atoms with E-state index in [9.17, 15) is 14.9 Å². The zero-order chi connectivity index (χ0) is 27.7. The molecule has 0 radical (unpaired) electrons. The Hall–Kier alpha value is -4.91. The van der Waals surface area contributed by atoms with Gasteiger partial charge in [-0.1, -0.05) is 45.0 Å². The molecule has 2 N–H and O–H groups in total. The van der Waals surface area contributed by atoms with Crippen LogP contribution in [-0.4, -0.2) is 43.0 Å². The average molecular weight is 524 g/mol. The van der Waals surface area contributed by atoms with Crippen molar-refractivity contribution in [2.75, 3.05) is 18.8 Å². The smallest absolute Gasteiger partial charge is 0.335 e. The van der Waals surface area contributed by atoms with E-state index in [-0.39, 0.29) is 41.0 Å². The number of carbonyl (C=O) groups is 1. The Balaban J connectivity index is 1.49. The highest BCUT2D eigenvalue weighted by atomic mass is 16.5. The first-order valence-corrected chi connectivity index (χ1v) is 12.7. The van der Waals surface area contributed by atoms with E-state index in [2.05, 4.69) is 9.97 Å². The molecular weight excluding hydrogens is 494 g/mol. The number of hydrogen-bond acceptors (Lipinski definition) is 7. The van der Waals surface area contributed by atoms with Crippen molar-refractivity contribution in [2.24, 2.45) is 5.41 Å². The molecule has 2 aromatic heterocycles. The Morgan fingerprint density at radius 3 is 2.46 bits per heavy atom. The van der Waals surface area contributed by atoms with E-state index in [1.165, 1.54) is 10.9 Å².